The summed E-state index contributed by atoms with van der Waals surface area (Å²) < 4.78 is 9.87. The summed E-state index contributed by atoms with van der Waals surface area (Å²) in [5.74, 6) is -0.306. The second kappa shape index (κ2) is 6.20. The topological polar surface area (TPSA) is 38.8 Å². The molecule has 1 rings (SSSR count). The SMILES string of the molecule is CC(=O)OC/C=C/N1CCOC(Cl)C1Cl. The van der Waals surface area contributed by atoms with E-state index in [-0.39, 0.29) is 12.6 Å². The fraction of sp³-hybridized carbons (Fsp3) is 0.667. The van der Waals surface area contributed by atoms with E-state index in [4.69, 9.17) is 32.7 Å². The zero-order valence-corrected chi connectivity index (χ0v) is 9.87. The molecule has 0 aliphatic carbocycles. The minimum absolute atomic E-state index is 0.239. The number of morpholine rings is 1. The molecule has 6 heteroatoms. The molecule has 2 unspecified atom stereocenters. The molecule has 0 aromatic rings. The largest absolute Gasteiger partial charge is 0.462 e. The van der Waals surface area contributed by atoms with Gasteiger partial charge in [-0.25, -0.2) is 0 Å². The molecule has 0 amide bonds. The van der Waals surface area contributed by atoms with Crippen LogP contribution in [-0.2, 0) is 14.3 Å². The first-order valence-electron chi connectivity index (χ1n) is 4.57. The molecule has 0 radical (unpaired) electrons. The molecule has 1 saturated heterocycles. The number of rotatable bonds is 3. The van der Waals surface area contributed by atoms with E-state index < -0.39 is 11.1 Å². The van der Waals surface area contributed by atoms with Gasteiger partial charge in [0, 0.05) is 19.7 Å². The van der Waals surface area contributed by atoms with Crippen molar-refractivity contribution < 1.29 is 14.3 Å². The number of esters is 1. The standard InChI is InChI=1S/C9H13Cl2NO3/c1-7(13)14-5-2-3-12-4-6-15-9(11)8(12)10/h2-3,8-9H,4-6H2,1H3/b3-2+. The molecule has 0 saturated carbocycles. The molecule has 0 N–H and O–H groups in total. The molecule has 0 aromatic heterocycles. The lowest BCUT2D eigenvalue weighted by Gasteiger charge is -2.33. The van der Waals surface area contributed by atoms with Crippen LogP contribution in [0.5, 0.6) is 0 Å². The molecule has 4 nitrogen and oxygen atoms in total. The molecular weight excluding hydrogens is 241 g/mol. The van der Waals surface area contributed by atoms with Crippen LogP contribution in [-0.4, -0.2) is 41.7 Å². The Morgan fingerprint density at radius 2 is 2.40 bits per heavy atom. The molecule has 86 valence electrons. The van der Waals surface area contributed by atoms with E-state index in [0.717, 1.165) is 0 Å². The van der Waals surface area contributed by atoms with Crippen LogP contribution in [0.1, 0.15) is 6.92 Å². The highest BCUT2D eigenvalue weighted by molar-refractivity contribution is 6.29. The Kier molecular flexibility index (Phi) is 5.22. The van der Waals surface area contributed by atoms with Gasteiger partial charge in [-0.3, -0.25) is 4.79 Å². The van der Waals surface area contributed by atoms with Gasteiger partial charge in [0.15, 0.2) is 5.56 Å². The zero-order valence-electron chi connectivity index (χ0n) is 8.36. The Balaban J connectivity index is 2.33. The zero-order chi connectivity index (χ0) is 11.3. The summed E-state index contributed by atoms with van der Waals surface area (Å²) in [5, 5.41) is 0. The van der Waals surface area contributed by atoms with E-state index in [2.05, 4.69) is 0 Å². The van der Waals surface area contributed by atoms with Crippen molar-refractivity contribution in [1.29, 1.82) is 0 Å². The van der Waals surface area contributed by atoms with Crippen molar-refractivity contribution in [2.24, 2.45) is 0 Å². The third-order valence-electron chi connectivity index (χ3n) is 1.84. The predicted molar refractivity (Wildman–Crippen MR) is 57.7 cm³/mol. The molecule has 1 heterocycles. The van der Waals surface area contributed by atoms with E-state index in [1.54, 1.807) is 12.3 Å². The van der Waals surface area contributed by atoms with Crippen LogP contribution >= 0.6 is 23.2 Å². The number of carbonyl (C=O) groups excluding carboxylic acids is 1. The van der Waals surface area contributed by atoms with Crippen molar-refractivity contribution in [3.8, 4) is 0 Å². The van der Waals surface area contributed by atoms with Crippen molar-refractivity contribution in [3.05, 3.63) is 12.3 Å². The maximum atomic E-state index is 10.5. The molecule has 0 spiro atoms. The van der Waals surface area contributed by atoms with Crippen LogP contribution in [0.25, 0.3) is 0 Å². The molecule has 0 bridgehead atoms. The number of halogens is 2. The summed E-state index contributed by atoms with van der Waals surface area (Å²) in [6.45, 7) is 2.81. The molecule has 0 aromatic carbocycles. The van der Waals surface area contributed by atoms with Gasteiger partial charge in [0.25, 0.3) is 0 Å². The number of ether oxygens (including phenoxy) is 2. The Labute approximate surface area is 98.7 Å². The highest BCUT2D eigenvalue weighted by Crippen LogP contribution is 2.20. The van der Waals surface area contributed by atoms with E-state index >= 15 is 0 Å². The first-order chi connectivity index (χ1) is 7.11. The van der Waals surface area contributed by atoms with Crippen LogP contribution in [0, 0.1) is 0 Å². The number of alkyl halides is 2. The lowest BCUT2D eigenvalue weighted by molar-refractivity contribution is -0.139. The first kappa shape index (κ1) is 12.6. The molecule has 1 aliphatic heterocycles. The van der Waals surface area contributed by atoms with Gasteiger partial charge in [0.05, 0.1) is 6.61 Å². The molecular formula is C9H13Cl2NO3. The van der Waals surface area contributed by atoms with Gasteiger partial charge in [-0.2, -0.15) is 0 Å². The Bertz CT molecular complexity index is 248. The third-order valence-corrected chi connectivity index (χ3v) is 2.81. The van der Waals surface area contributed by atoms with Gasteiger partial charge < -0.3 is 14.4 Å². The average Bonchev–Trinajstić information content (AvgIpc) is 2.18. The summed E-state index contributed by atoms with van der Waals surface area (Å²) in [4.78, 5) is 12.3. The van der Waals surface area contributed by atoms with Gasteiger partial charge in [-0.1, -0.05) is 23.2 Å². The van der Waals surface area contributed by atoms with Crippen molar-refractivity contribution in [2.75, 3.05) is 19.8 Å². The molecule has 1 aliphatic rings. The van der Waals surface area contributed by atoms with E-state index in [0.29, 0.717) is 13.2 Å². The van der Waals surface area contributed by atoms with Crippen molar-refractivity contribution >= 4 is 29.2 Å². The summed E-state index contributed by atoms with van der Waals surface area (Å²) in [7, 11) is 0. The average molecular weight is 254 g/mol. The smallest absolute Gasteiger partial charge is 0.302 e. The summed E-state index contributed by atoms with van der Waals surface area (Å²) in [5.41, 5.74) is -0.909. The summed E-state index contributed by atoms with van der Waals surface area (Å²) in [6.07, 6.45) is 3.48. The Morgan fingerprint density at radius 3 is 3.07 bits per heavy atom. The van der Waals surface area contributed by atoms with Gasteiger partial charge in [0.2, 0.25) is 0 Å². The predicted octanol–water partition coefficient (Wildman–Crippen LogP) is 1.53. The summed E-state index contributed by atoms with van der Waals surface area (Å²) in [6, 6.07) is 0. The van der Waals surface area contributed by atoms with Crippen molar-refractivity contribution in [3.63, 3.8) is 0 Å². The summed E-state index contributed by atoms with van der Waals surface area (Å²) >= 11 is 11.8. The van der Waals surface area contributed by atoms with Gasteiger partial charge >= 0.3 is 5.97 Å². The molecule has 2 atom stereocenters. The lowest BCUT2D eigenvalue weighted by atomic mass is 10.4. The minimum Gasteiger partial charge on any atom is -0.462 e. The van der Waals surface area contributed by atoms with Gasteiger partial charge in [0.1, 0.15) is 12.1 Å². The second-order valence-corrected chi connectivity index (χ2v) is 3.90. The molecule has 15 heavy (non-hydrogen) atoms. The first-order valence-corrected chi connectivity index (χ1v) is 5.44. The molecule has 1 fully saturated rings. The maximum Gasteiger partial charge on any atom is 0.302 e. The van der Waals surface area contributed by atoms with Crippen LogP contribution in [0.15, 0.2) is 12.3 Å². The highest BCUT2D eigenvalue weighted by Gasteiger charge is 2.26. The number of hydrogen-bond donors (Lipinski definition) is 0. The second-order valence-electron chi connectivity index (χ2n) is 3.02. The number of hydrogen-bond acceptors (Lipinski definition) is 4. The highest BCUT2D eigenvalue weighted by atomic mass is 35.5. The number of carbonyl (C=O) groups is 1. The number of nitrogens with zero attached hydrogens (tertiary/aromatic N) is 1. The van der Waals surface area contributed by atoms with Gasteiger partial charge in [-0.05, 0) is 6.08 Å². The fourth-order valence-corrected chi connectivity index (χ4v) is 1.59. The van der Waals surface area contributed by atoms with Crippen molar-refractivity contribution in [2.45, 2.75) is 18.0 Å². The van der Waals surface area contributed by atoms with Crippen LogP contribution < -0.4 is 0 Å². The van der Waals surface area contributed by atoms with Crippen LogP contribution in [0.3, 0.4) is 0 Å². The van der Waals surface area contributed by atoms with E-state index in [9.17, 15) is 4.79 Å². The maximum absolute atomic E-state index is 10.5. The minimum atomic E-state index is -0.515. The van der Waals surface area contributed by atoms with Crippen LogP contribution in [0.2, 0.25) is 0 Å². The van der Waals surface area contributed by atoms with Crippen molar-refractivity contribution in [1.82, 2.24) is 4.90 Å². The van der Waals surface area contributed by atoms with Crippen LogP contribution in [0.4, 0.5) is 0 Å². The van der Waals surface area contributed by atoms with E-state index in [1.165, 1.54) is 6.92 Å². The quantitative estimate of drug-likeness (QED) is 0.435. The normalized spacial score (nSPS) is 27.0. The van der Waals surface area contributed by atoms with Gasteiger partial charge in [-0.15, -0.1) is 0 Å². The Morgan fingerprint density at radius 1 is 1.67 bits per heavy atom. The third kappa shape index (κ3) is 4.28. The monoisotopic (exact) mass is 253 g/mol. The lowest BCUT2D eigenvalue weighted by Crippen LogP contribution is -2.42. The van der Waals surface area contributed by atoms with E-state index in [1.807, 2.05) is 4.90 Å². The Hall–Kier alpha value is -0.450. The fourth-order valence-electron chi connectivity index (χ4n) is 1.12.